The molecule has 30 heavy (non-hydrogen) atoms. The number of rotatable bonds is 8. The van der Waals surface area contributed by atoms with Crippen LogP contribution in [0.1, 0.15) is 31.2 Å². The lowest BCUT2D eigenvalue weighted by atomic mass is 10.1. The predicted octanol–water partition coefficient (Wildman–Crippen LogP) is 0.662. The second kappa shape index (κ2) is 9.51. The third-order valence-electron chi connectivity index (χ3n) is 4.91. The molecule has 0 bridgehead atoms. The molecule has 1 aromatic heterocycles. The van der Waals surface area contributed by atoms with Gasteiger partial charge in [-0.15, -0.1) is 0 Å². The predicted molar refractivity (Wildman–Crippen MR) is 107 cm³/mol. The summed E-state index contributed by atoms with van der Waals surface area (Å²) in [6.45, 7) is 3.40. The summed E-state index contributed by atoms with van der Waals surface area (Å²) in [6.07, 6.45) is 4.72. The molecule has 2 atom stereocenters. The van der Waals surface area contributed by atoms with Crippen molar-refractivity contribution in [2.45, 2.75) is 51.2 Å². The highest BCUT2D eigenvalue weighted by Gasteiger charge is 2.34. The summed E-state index contributed by atoms with van der Waals surface area (Å²) < 4.78 is 5.14. The number of aromatic nitrogens is 1. The average Bonchev–Trinajstić information content (AvgIpc) is 3.51. The Kier molecular flexibility index (Phi) is 6.81. The number of Topliss-reactive ketones (excluding diaryl/α,β-unsaturated/α-hetero) is 1. The largest absolute Gasteiger partial charge is 0.449 e. The Morgan fingerprint density at radius 1 is 1.20 bits per heavy atom. The van der Waals surface area contributed by atoms with E-state index in [1.165, 1.54) is 4.90 Å². The lowest BCUT2D eigenvalue weighted by Gasteiger charge is -2.33. The molecule has 2 heterocycles. The van der Waals surface area contributed by atoms with E-state index < -0.39 is 29.7 Å². The maximum absolute atomic E-state index is 12.7. The van der Waals surface area contributed by atoms with Crippen LogP contribution in [0.15, 0.2) is 30.4 Å². The minimum absolute atomic E-state index is 0.0648. The summed E-state index contributed by atoms with van der Waals surface area (Å²) >= 11 is 0. The number of hydrogen-bond acceptors (Lipinski definition) is 6. The monoisotopic (exact) mass is 414 g/mol. The number of hydrogen-bond donors (Lipinski definition) is 2. The van der Waals surface area contributed by atoms with Gasteiger partial charge in [0.2, 0.25) is 11.7 Å². The van der Waals surface area contributed by atoms with Gasteiger partial charge in [-0.1, -0.05) is 18.2 Å². The zero-order valence-electron chi connectivity index (χ0n) is 17.1. The van der Waals surface area contributed by atoms with Crippen molar-refractivity contribution in [1.82, 2.24) is 20.5 Å². The number of nitrogens with one attached hydrogen (secondary N) is 2. The van der Waals surface area contributed by atoms with E-state index in [4.69, 9.17) is 4.74 Å². The van der Waals surface area contributed by atoms with Gasteiger partial charge in [0.25, 0.3) is 5.91 Å². The number of nitrogens with zero attached hydrogens (tertiary/aromatic N) is 2. The molecule has 1 fully saturated rings. The SMILES string of the molecule is Cc1cccc(CCOC(=O)N[C@H]2C=CC(C)N(CC(=O)C(=O)NC3CC3)C2=O)n1. The van der Waals surface area contributed by atoms with Crippen LogP contribution in [0.2, 0.25) is 0 Å². The Bertz CT molecular complexity index is 865. The van der Waals surface area contributed by atoms with E-state index in [-0.39, 0.29) is 25.2 Å². The molecule has 9 nitrogen and oxygen atoms in total. The third kappa shape index (κ3) is 5.88. The quantitative estimate of drug-likeness (QED) is 0.477. The first-order valence-electron chi connectivity index (χ1n) is 10.0. The molecule has 160 valence electrons. The Hall–Kier alpha value is -3.23. The molecule has 3 amide bonds. The molecule has 3 rings (SSSR count). The first kappa shape index (κ1) is 21.5. The van der Waals surface area contributed by atoms with Gasteiger partial charge in [-0.3, -0.25) is 19.4 Å². The van der Waals surface area contributed by atoms with Crippen LogP contribution >= 0.6 is 0 Å². The maximum Gasteiger partial charge on any atom is 0.408 e. The van der Waals surface area contributed by atoms with Crippen molar-refractivity contribution in [3.05, 3.63) is 41.7 Å². The molecule has 1 aliphatic carbocycles. The molecule has 2 N–H and O–H groups in total. The van der Waals surface area contributed by atoms with E-state index in [9.17, 15) is 19.2 Å². The van der Waals surface area contributed by atoms with Crippen molar-refractivity contribution in [2.24, 2.45) is 0 Å². The highest BCUT2D eigenvalue weighted by atomic mass is 16.5. The number of amides is 3. The number of alkyl carbamates (subject to hydrolysis) is 1. The molecule has 0 radical (unpaired) electrons. The van der Waals surface area contributed by atoms with E-state index in [0.29, 0.717) is 6.42 Å². The number of ether oxygens (including phenoxy) is 1. The van der Waals surface area contributed by atoms with Crippen LogP contribution < -0.4 is 10.6 Å². The van der Waals surface area contributed by atoms with Crippen LogP contribution in [0.3, 0.4) is 0 Å². The van der Waals surface area contributed by atoms with Crippen molar-refractivity contribution >= 4 is 23.7 Å². The maximum atomic E-state index is 12.7. The van der Waals surface area contributed by atoms with Crippen molar-refractivity contribution < 1.29 is 23.9 Å². The van der Waals surface area contributed by atoms with Crippen molar-refractivity contribution in [3.63, 3.8) is 0 Å². The van der Waals surface area contributed by atoms with Gasteiger partial charge in [0.05, 0.1) is 13.2 Å². The van der Waals surface area contributed by atoms with Gasteiger partial charge in [-0.25, -0.2) is 4.79 Å². The molecule has 9 heteroatoms. The van der Waals surface area contributed by atoms with E-state index in [1.54, 1.807) is 19.1 Å². The van der Waals surface area contributed by atoms with Crippen LogP contribution in [0, 0.1) is 6.92 Å². The summed E-state index contributed by atoms with van der Waals surface area (Å²) in [6, 6.07) is 4.35. The minimum Gasteiger partial charge on any atom is -0.449 e. The van der Waals surface area contributed by atoms with Gasteiger partial charge in [0.1, 0.15) is 6.04 Å². The average molecular weight is 414 g/mol. The zero-order chi connectivity index (χ0) is 21.7. The van der Waals surface area contributed by atoms with Gasteiger partial charge in [-0.05, 0) is 38.8 Å². The van der Waals surface area contributed by atoms with Gasteiger partial charge in [0, 0.05) is 29.9 Å². The van der Waals surface area contributed by atoms with Gasteiger partial charge < -0.3 is 20.3 Å². The third-order valence-corrected chi connectivity index (χ3v) is 4.91. The number of aryl methyl sites for hydroxylation is 1. The van der Waals surface area contributed by atoms with E-state index >= 15 is 0 Å². The van der Waals surface area contributed by atoms with Crippen LogP contribution in [0.4, 0.5) is 4.79 Å². The lowest BCUT2D eigenvalue weighted by molar-refractivity contribution is -0.143. The standard InChI is InChI=1S/C21H26N4O5/c1-13-4-3-5-15(22-13)10-11-30-21(29)24-17-9-6-14(2)25(20(17)28)12-18(26)19(27)23-16-7-8-16/h3-6,9,14,16-17H,7-8,10-12H2,1-2H3,(H,23,27)(H,24,29)/t14?,17-/m0/s1. The van der Waals surface area contributed by atoms with E-state index in [2.05, 4.69) is 15.6 Å². The molecule has 1 unspecified atom stereocenters. The van der Waals surface area contributed by atoms with Gasteiger partial charge in [-0.2, -0.15) is 0 Å². The fraction of sp³-hybridized carbons (Fsp3) is 0.476. The molecule has 1 saturated carbocycles. The number of pyridine rings is 1. The topological polar surface area (TPSA) is 118 Å². The highest BCUT2D eigenvalue weighted by Crippen LogP contribution is 2.18. The lowest BCUT2D eigenvalue weighted by Crippen LogP contribution is -2.55. The number of carbonyl (C=O) groups excluding carboxylic acids is 4. The summed E-state index contributed by atoms with van der Waals surface area (Å²) in [7, 11) is 0. The van der Waals surface area contributed by atoms with Crippen LogP contribution in [-0.4, -0.2) is 64.9 Å². The first-order valence-corrected chi connectivity index (χ1v) is 10.0. The summed E-state index contributed by atoms with van der Waals surface area (Å²) in [4.78, 5) is 54.4. The van der Waals surface area contributed by atoms with Crippen molar-refractivity contribution in [2.75, 3.05) is 13.2 Å². The number of ketones is 1. The molecular weight excluding hydrogens is 388 g/mol. The molecule has 2 aliphatic rings. The fourth-order valence-corrected chi connectivity index (χ4v) is 3.04. The Morgan fingerprint density at radius 2 is 1.97 bits per heavy atom. The molecule has 0 aromatic carbocycles. The minimum atomic E-state index is -0.954. The first-order chi connectivity index (χ1) is 14.3. The summed E-state index contributed by atoms with van der Waals surface area (Å²) in [5.41, 5.74) is 1.68. The van der Waals surface area contributed by atoms with Crippen molar-refractivity contribution in [3.8, 4) is 0 Å². The Balaban J connectivity index is 1.48. The second-order valence-corrected chi connectivity index (χ2v) is 7.54. The molecule has 0 saturated heterocycles. The van der Waals surface area contributed by atoms with E-state index in [0.717, 1.165) is 24.2 Å². The highest BCUT2D eigenvalue weighted by molar-refractivity contribution is 6.37. The number of carbonyl (C=O) groups is 4. The van der Waals surface area contributed by atoms with Crippen LogP contribution in [0.5, 0.6) is 0 Å². The Labute approximate surface area is 174 Å². The second-order valence-electron chi connectivity index (χ2n) is 7.54. The van der Waals surface area contributed by atoms with E-state index in [1.807, 2.05) is 25.1 Å². The molecule has 1 aliphatic heterocycles. The van der Waals surface area contributed by atoms with Gasteiger partial charge >= 0.3 is 6.09 Å². The fourth-order valence-electron chi connectivity index (χ4n) is 3.04. The zero-order valence-corrected chi connectivity index (χ0v) is 17.1. The molecule has 1 aromatic rings. The van der Waals surface area contributed by atoms with Crippen LogP contribution in [0.25, 0.3) is 0 Å². The van der Waals surface area contributed by atoms with Crippen molar-refractivity contribution in [1.29, 1.82) is 0 Å². The molecule has 0 spiro atoms. The smallest absolute Gasteiger partial charge is 0.408 e. The van der Waals surface area contributed by atoms with Gasteiger partial charge in [0.15, 0.2) is 0 Å². The summed E-state index contributed by atoms with van der Waals surface area (Å²) in [5, 5.41) is 5.11. The Morgan fingerprint density at radius 3 is 2.67 bits per heavy atom. The van der Waals surface area contributed by atoms with Crippen LogP contribution in [-0.2, 0) is 25.5 Å². The summed E-state index contributed by atoms with van der Waals surface area (Å²) in [5.74, 6) is -1.82. The normalized spacial score (nSPS) is 20.6. The molecular formula is C21H26N4O5.